The number of amides is 1. The fourth-order valence-corrected chi connectivity index (χ4v) is 2.78. The number of nitriles is 1. The third-order valence-corrected chi connectivity index (χ3v) is 4.02. The summed E-state index contributed by atoms with van der Waals surface area (Å²) in [6.07, 6.45) is 3.15. The second-order valence-electron chi connectivity index (χ2n) is 5.14. The van der Waals surface area contributed by atoms with E-state index in [4.69, 9.17) is 14.7 Å². The van der Waals surface area contributed by atoms with E-state index in [-0.39, 0.29) is 12.5 Å². The van der Waals surface area contributed by atoms with Crippen LogP contribution in [0.5, 0.6) is 11.5 Å². The van der Waals surface area contributed by atoms with Crippen LogP contribution >= 0.6 is 22.6 Å². The SMILES string of the molecule is COc1cc(/C=C/C(=O)Nc2ccc(I)cc2C)ccc1OCC#N. The zero-order valence-corrected chi connectivity index (χ0v) is 16.0. The first-order chi connectivity index (χ1) is 12.0. The number of hydrogen-bond donors (Lipinski definition) is 1. The van der Waals surface area contributed by atoms with Crippen molar-refractivity contribution >= 4 is 40.3 Å². The van der Waals surface area contributed by atoms with Gasteiger partial charge in [-0.2, -0.15) is 5.26 Å². The first-order valence-corrected chi connectivity index (χ1v) is 8.54. The number of anilines is 1. The van der Waals surface area contributed by atoms with Crippen LogP contribution in [0.4, 0.5) is 5.69 Å². The summed E-state index contributed by atoms with van der Waals surface area (Å²) in [7, 11) is 1.52. The number of nitrogens with one attached hydrogen (secondary N) is 1. The van der Waals surface area contributed by atoms with Crippen LogP contribution in [0, 0.1) is 21.8 Å². The van der Waals surface area contributed by atoms with Gasteiger partial charge in [-0.25, -0.2) is 0 Å². The number of carbonyl (C=O) groups is 1. The molecule has 1 amide bonds. The van der Waals surface area contributed by atoms with Crippen molar-refractivity contribution in [2.24, 2.45) is 0 Å². The Balaban J connectivity index is 2.07. The Hall–Kier alpha value is -2.53. The van der Waals surface area contributed by atoms with Crippen LogP contribution < -0.4 is 14.8 Å². The third kappa shape index (κ3) is 5.50. The van der Waals surface area contributed by atoms with Gasteiger partial charge in [-0.15, -0.1) is 0 Å². The molecule has 0 unspecified atom stereocenters. The Morgan fingerprint density at radius 3 is 2.76 bits per heavy atom. The van der Waals surface area contributed by atoms with E-state index in [1.54, 1.807) is 24.3 Å². The molecule has 0 aliphatic carbocycles. The molecule has 0 spiro atoms. The first kappa shape index (κ1) is 18.8. The highest BCUT2D eigenvalue weighted by Gasteiger charge is 2.05. The van der Waals surface area contributed by atoms with Crippen molar-refractivity contribution in [3.05, 3.63) is 57.2 Å². The molecule has 0 aromatic heterocycles. The quantitative estimate of drug-likeness (QED) is 0.532. The Morgan fingerprint density at radius 1 is 1.28 bits per heavy atom. The van der Waals surface area contributed by atoms with E-state index in [0.717, 1.165) is 20.4 Å². The topological polar surface area (TPSA) is 71.3 Å². The summed E-state index contributed by atoms with van der Waals surface area (Å²) in [5, 5.41) is 11.4. The smallest absolute Gasteiger partial charge is 0.248 e. The molecule has 0 aliphatic heterocycles. The van der Waals surface area contributed by atoms with Crippen molar-refractivity contribution in [3.8, 4) is 17.6 Å². The van der Waals surface area contributed by atoms with Crippen molar-refractivity contribution < 1.29 is 14.3 Å². The second-order valence-corrected chi connectivity index (χ2v) is 6.38. The fourth-order valence-electron chi connectivity index (χ4n) is 2.13. The number of benzene rings is 2. The van der Waals surface area contributed by atoms with Crippen molar-refractivity contribution in [2.45, 2.75) is 6.92 Å². The zero-order valence-electron chi connectivity index (χ0n) is 13.9. The molecular weight excluding hydrogens is 431 g/mol. The molecule has 0 bridgehead atoms. The monoisotopic (exact) mass is 448 g/mol. The predicted molar refractivity (Wildman–Crippen MR) is 106 cm³/mol. The molecule has 2 rings (SSSR count). The van der Waals surface area contributed by atoms with Crippen LogP contribution in [0.1, 0.15) is 11.1 Å². The van der Waals surface area contributed by atoms with Crippen LogP contribution in [-0.2, 0) is 4.79 Å². The minimum atomic E-state index is -0.215. The molecule has 2 aromatic carbocycles. The summed E-state index contributed by atoms with van der Waals surface area (Å²) < 4.78 is 11.6. The molecule has 25 heavy (non-hydrogen) atoms. The van der Waals surface area contributed by atoms with Gasteiger partial charge in [-0.3, -0.25) is 4.79 Å². The highest BCUT2D eigenvalue weighted by Crippen LogP contribution is 2.28. The van der Waals surface area contributed by atoms with Gasteiger partial charge in [0.15, 0.2) is 18.1 Å². The number of aryl methyl sites for hydroxylation is 1. The Bertz CT molecular complexity index is 841. The lowest BCUT2D eigenvalue weighted by Gasteiger charge is -2.09. The first-order valence-electron chi connectivity index (χ1n) is 7.46. The molecule has 0 atom stereocenters. The fraction of sp³-hybridized carbons (Fsp3) is 0.158. The molecular formula is C19H17IN2O3. The number of nitrogens with zero attached hydrogens (tertiary/aromatic N) is 1. The van der Waals surface area contributed by atoms with E-state index in [1.165, 1.54) is 13.2 Å². The largest absolute Gasteiger partial charge is 0.493 e. The maximum atomic E-state index is 12.1. The van der Waals surface area contributed by atoms with E-state index in [9.17, 15) is 4.79 Å². The van der Waals surface area contributed by atoms with Gasteiger partial charge in [0.05, 0.1) is 7.11 Å². The number of methoxy groups -OCH3 is 1. The molecule has 128 valence electrons. The molecule has 1 N–H and O–H groups in total. The van der Waals surface area contributed by atoms with Gasteiger partial charge < -0.3 is 14.8 Å². The second kappa shape index (κ2) is 9.08. The highest BCUT2D eigenvalue weighted by atomic mass is 127. The lowest BCUT2D eigenvalue weighted by Crippen LogP contribution is -2.08. The van der Waals surface area contributed by atoms with Crippen LogP contribution in [0.15, 0.2) is 42.5 Å². The van der Waals surface area contributed by atoms with Gasteiger partial charge in [0, 0.05) is 15.3 Å². The number of halogens is 1. The van der Waals surface area contributed by atoms with E-state index in [1.807, 2.05) is 31.2 Å². The van der Waals surface area contributed by atoms with Gasteiger partial charge >= 0.3 is 0 Å². The average Bonchev–Trinajstić information content (AvgIpc) is 2.60. The van der Waals surface area contributed by atoms with Crippen molar-refractivity contribution in [3.63, 3.8) is 0 Å². The van der Waals surface area contributed by atoms with Crippen LogP contribution in [0.25, 0.3) is 6.08 Å². The molecule has 0 aliphatic rings. The maximum absolute atomic E-state index is 12.1. The van der Waals surface area contributed by atoms with E-state index >= 15 is 0 Å². The zero-order chi connectivity index (χ0) is 18.2. The molecule has 0 radical (unpaired) electrons. The van der Waals surface area contributed by atoms with Crippen molar-refractivity contribution in [1.82, 2.24) is 0 Å². The Morgan fingerprint density at radius 2 is 2.08 bits per heavy atom. The maximum Gasteiger partial charge on any atom is 0.248 e. The summed E-state index contributed by atoms with van der Waals surface area (Å²) in [6.45, 7) is 1.90. The predicted octanol–water partition coefficient (Wildman–Crippen LogP) is 4.16. The third-order valence-electron chi connectivity index (χ3n) is 3.35. The van der Waals surface area contributed by atoms with E-state index in [2.05, 4.69) is 27.9 Å². The van der Waals surface area contributed by atoms with Gasteiger partial charge in [0.2, 0.25) is 5.91 Å². The summed E-state index contributed by atoms with van der Waals surface area (Å²) >= 11 is 2.23. The van der Waals surface area contributed by atoms with Gasteiger partial charge in [-0.05, 0) is 77.0 Å². The number of hydrogen-bond acceptors (Lipinski definition) is 4. The van der Waals surface area contributed by atoms with Crippen molar-refractivity contribution in [1.29, 1.82) is 5.26 Å². The summed E-state index contributed by atoms with van der Waals surface area (Å²) in [5.41, 5.74) is 2.58. The summed E-state index contributed by atoms with van der Waals surface area (Å²) in [4.78, 5) is 12.1. The Labute approximate surface area is 160 Å². The standard InChI is InChI=1S/C19H17IN2O3/c1-13-11-15(20)5-6-16(13)22-19(23)8-4-14-3-7-17(25-10-9-21)18(12-14)24-2/h3-8,11-12H,10H2,1-2H3,(H,22,23)/b8-4+. The molecule has 2 aromatic rings. The minimum absolute atomic E-state index is 0.0523. The van der Waals surface area contributed by atoms with Crippen molar-refractivity contribution in [2.75, 3.05) is 19.0 Å². The number of rotatable bonds is 6. The van der Waals surface area contributed by atoms with Gasteiger partial charge in [-0.1, -0.05) is 6.07 Å². The number of ether oxygens (including phenoxy) is 2. The Kier molecular flexibility index (Phi) is 6.83. The van der Waals surface area contributed by atoms with Crippen LogP contribution in [-0.4, -0.2) is 19.6 Å². The molecule has 0 saturated carbocycles. The molecule has 0 fully saturated rings. The van der Waals surface area contributed by atoms with Gasteiger partial charge in [0.1, 0.15) is 6.07 Å². The normalized spacial score (nSPS) is 10.3. The van der Waals surface area contributed by atoms with Crippen LogP contribution in [0.2, 0.25) is 0 Å². The molecule has 0 saturated heterocycles. The van der Waals surface area contributed by atoms with Crippen LogP contribution in [0.3, 0.4) is 0 Å². The summed E-state index contributed by atoms with van der Waals surface area (Å²) in [5.74, 6) is 0.777. The van der Waals surface area contributed by atoms with E-state index in [0.29, 0.717) is 11.5 Å². The molecule has 5 nitrogen and oxygen atoms in total. The lowest BCUT2D eigenvalue weighted by atomic mass is 10.1. The van der Waals surface area contributed by atoms with Gasteiger partial charge in [0.25, 0.3) is 0 Å². The number of carbonyl (C=O) groups excluding carboxylic acids is 1. The molecule has 6 heteroatoms. The molecule has 0 heterocycles. The highest BCUT2D eigenvalue weighted by molar-refractivity contribution is 14.1. The lowest BCUT2D eigenvalue weighted by molar-refractivity contribution is -0.111. The van der Waals surface area contributed by atoms with E-state index < -0.39 is 0 Å². The summed E-state index contributed by atoms with van der Waals surface area (Å²) in [6, 6.07) is 13.0. The minimum Gasteiger partial charge on any atom is -0.493 e. The average molecular weight is 448 g/mol.